The molecule has 0 unspecified atom stereocenters. The molecule has 1 N–H and O–H groups in total. The molecule has 2 amide bonds. The highest BCUT2D eigenvalue weighted by molar-refractivity contribution is 5.90. The lowest BCUT2D eigenvalue weighted by molar-refractivity contribution is 0.134. The van der Waals surface area contributed by atoms with Crippen molar-refractivity contribution < 1.29 is 9.32 Å². The Kier molecular flexibility index (Phi) is 6.39. The number of amides is 2. The third kappa shape index (κ3) is 4.93. The topological polar surface area (TPSA) is 61.6 Å². The van der Waals surface area contributed by atoms with Crippen LogP contribution in [0.2, 0.25) is 0 Å². The normalized spacial score (nSPS) is 15.5. The molecule has 0 atom stereocenters. The van der Waals surface area contributed by atoms with Crippen LogP contribution < -0.4 is 5.32 Å². The molecule has 3 rings (SSSR count). The predicted molar refractivity (Wildman–Crippen MR) is 112 cm³/mol. The van der Waals surface area contributed by atoms with Crippen LogP contribution in [-0.2, 0) is 6.54 Å². The number of benzene rings is 1. The molecule has 1 aliphatic heterocycles. The van der Waals surface area contributed by atoms with Gasteiger partial charge in [-0.3, -0.25) is 4.90 Å². The minimum absolute atomic E-state index is 0.0191. The Labute approximate surface area is 167 Å². The Hall–Kier alpha value is -2.34. The van der Waals surface area contributed by atoms with Gasteiger partial charge in [0.2, 0.25) is 0 Å². The number of nitrogens with zero attached hydrogens (tertiary/aromatic N) is 3. The summed E-state index contributed by atoms with van der Waals surface area (Å²) in [6.45, 7) is 14.5. The monoisotopic (exact) mass is 384 g/mol. The lowest BCUT2D eigenvalue weighted by Crippen LogP contribution is -2.49. The third-order valence-corrected chi connectivity index (χ3v) is 5.32. The molecule has 2 heterocycles. The summed E-state index contributed by atoms with van der Waals surface area (Å²) in [5.41, 5.74) is 4.32. The zero-order valence-electron chi connectivity index (χ0n) is 17.7. The summed E-state index contributed by atoms with van der Waals surface area (Å²) < 4.78 is 5.30. The minimum atomic E-state index is -0.0191. The largest absolute Gasteiger partial charge is 0.360 e. The number of hydrogen-bond donors (Lipinski definition) is 1. The average molecular weight is 385 g/mol. The molecule has 0 spiro atoms. The van der Waals surface area contributed by atoms with Crippen molar-refractivity contribution in [2.45, 2.75) is 53.0 Å². The highest BCUT2D eigenvalue weighted by atomic mass is 16.5. The second-order valence-corrected chi connectivity index (χ2v) is 8.28. The summed E-state index contributed by atoms with van der Waals surface area (Å²) in [7, 11) is 0. The first-order chi connectivity index (χ1) is 13.3. The molecule has 152 valence electrons. The zero-order valence-corrected chi connectivity index (χ0v) is 17.7. The van der Waals surface area contributed by atoms with Crippen molar-refractivity contribution in [2.24, 2.45) is 0 Å². The molecule has 0 aliphatic carbocycles. The summed E-state index contributed by atoms with van der Waals surface area (Å²) in [5.74, 6) is 1.71. The van der Waals surface area contributed by atoms with Crippen molar-refractivity contribution in [1.29, 1.82) is 0 Å². The number of carbonyl (C=O) groups excluding carboxylic acids is 1. The van der Waals surface area contributed by atoms with Gasteiger partial charge in [0.1, 0.15) is 0 Å². The van der Waals surface area contributed by atoms with E-state index in [2.05, 4.69) is 55.2 Å². The maximum absolute atomic E-state index is 12.8. The molecular weight excluding hydrogens is 352 g/mol. The quantitative estimate of drug-likeness (QED) is 0.820. The van der Waals surface area contributed by atoms with E-state index in [1.807, 2.05) is 24.0 Å². The van der Waals surface area contributed by atoms with Crippen LogP contribution in [0.15, 0.2) is 28.8 Å². The van der Waals surface area contributed by atoms with Gasteiger partial charge in [-0.25, -0.2) is 4.79 Å². The third-order valence-electron chi connectivity index (χ3n) is 5.32. The molecule has 6 nitrogen and oxygen atoms in total. The molecule has 0 radical (unpaired) electrons. The molecule has 1 aliphatic rings. The number of rotatable bonds is 5. The first-order valence-electron chi connectivity index (χ1n) is 10.2. The first kappa shape index (κ1) is 20.4. The number of aromatic nitrogens is 1. The number of nitrogens with one attached hydrogen (secondary N) is 1. The van der Waals surface area contributed by atoms with E-state index in [9.17, 15) is 4.79 Å². The molecule has 2 aromatic rings. The summed E-state index contributed by atoms with van der Waals surface area (Å²) >= 11 is 0. The summed E-state index contributed by atoms with van der Waals surface area (Å²) in [5, 5.41) is 7.07. The van der Waals surface area contributed by atoms with Gasteiger partial charge in [-0.15, -0.1) is 0 Å². The fraction of sp³-hybridized carbons (Fsp3) is 0.545. The van der Waals surface area contributed by atoms with Crippen LogP contribution in [0, 0.1) is 6.92 Å². The van der Waals surface area contributed by atoms with Crippen LogP contribution in [0.25, 0.3) is 0 Å². The van der Waals surface area contributed by atoms with Gasteiger partial charge in [-0.2, -0.15) is 0 Å². The van der Waals surface area contributed by atoms with Gasteiger partial charge in [-0.05, 0) is 36.0 Å². The first-order valence-corrected chi connectivity index (χ1v) is 10.2. The summed E-state index contributed by atoms with van der Waals surface area (Å²) in [6, 6.07) is 8.33. The number of carbonyl (C=O) groups is 1. The van der Waals surface area contributed by atoms with Gasteiger partial charge in [0, 0.05) is 37.9 Å². The van der Waals surface area contributed by atoms with E-state index >= 15 is 0 Å². The molecule has 1 saturated heterocycles. The van der Waals surface area contributed by atoms with Crippen molar-refractivity contribution in [2.75, 3.05) is 31.5 Å². The maximum Gasteiger partial charge on any atom is 0.321 e. The molecule has 1 aromatic carbocycles. The van der Waals surface area contributed by atoms with Crippen LogP contribution in [0.5, 0.6) is 0 Å². The minimum Gasteiger partial charge on any atom is -0.360 e. The number of piperazine rings is 1. The number of anilines is 1. The summed E-state index contributed by atoms with van der Waals surface area (Å²) in [4.78, 5) is 17.0. The van der Waals surface area contributed by atoms with Crippen molar-refractivity contribution in [3.05, 3.63) is 46.8 Å². The lowest BCUT2D eigenvalue weighted by atomic mass is 9.94. The fourth-order valence-corrected chi connectivity index (χ4v) is 3.55. The van der Waals surface area contributed by atoms with Crippen LogP contribution in [0.4, 0.5) is 10.5 Å². The zero-order chi connectivity index (χ0) is 20.3. The highest BCUT2D eigenvalue weighted by Gasteiger charge is 2.23. The molecule has 28 heavy (non-hydrogen) atoms. The smallest absolute Gasteiger partial charge is 0.321 e. The standard InChI is InChI=1S/C22H32N4O2/c1-15(2)18-6-7-21(20(13-18)16(3)4)23-22(27)26-10-8-25(9-11-26)14-19-12-17(5)24-28-19/h6-7,12-13,15-16H,8-11,14H2,1-5H3,(H,23,27). The predicted octanol–water partition coefficient (Wildman–Crippen LogP) is 4.58. The SMILES string of the molecule is Cc1cc(CN2CCN(C(=O)Nc3ccc(C(C)C)cc3C(C)C)CC2)on1. The highest BCUT2D eigenvalue weighted by Crippen LogP contribution is 2.28. The van der Waals surface area contributed by atoms with Gasteiger partial charge >= 0.3 is 6.03 Å². The molecule has 0 bridgehead atoms. The van der Waals surface area contributed by atoms with E-state index in [-0.39, 0.29) is 6.03 Å². The average Bonchev–Trinajstić information content (AvgIpc) is 3.07. The Bertz CT molecular complexity index is 805. The Morgan fingerprint density at radius 1 is 1.11 bits per heavy atom. The molecule has 0 saturated carbocycles. The van der Waals surface area contributed by atoms with E-state index in [1.165, 1.54) is 11.1 Å². The van der Waals surface area contributed by atoms with Crippen molar-refractivity contribution in [3.8, 4) is 0 Å². The van der Waals surface area contributed by atoms with Crippen LogP contribution in [-0.4, -0.2) is 47.2 Å². The number of hydrogen-bond acceptors (Lipinski definition) is 4. The maximum atomic E-state index is 12.8. The van der Waals surface area contributed by atoms with Gasteiger partial charge in [0.25, 0.3) is 0 Å². The lowest BCUT2D eigenvalue weighted by Gasteiger charge is -2.34. The van der Waals surface area contributed by atoms with Crippen molar-refractivity contribution in [1.82, 2.24) is 15.0 Å². The van der Waals surface area contributed by atoms with Gasteiger partial charge in [0.05, 0.1) is 12.2 Å². The second kappa shape index (κ2) is 8.78. The molecular formula is C22H32N4O2. The van der Waals surface area contributed by atoms with E-state index < -0.39 is 0 Å². The Balaban J connectivity index is 1.58. The Morgan fingerprint density at radius 2 is 1.82 bits per heavy atom. The fourth-order valence-electron chi connectivity index (χ4n) is 3.55. The van der Waals surface area contributed by atoms with E-state index in [4.69, 9.17) is 4.52 Å². The van der Waals surface area contributed by atoms with E-state index in [0.29, 0.717) is 24.9 Å². The molecule has 1 fully saturated rings. The number of urea groups is 1. The van der Waals surface area contributed by atoms with E-state index in [0.717, 1.165) is 36.8 Å². The van der Waals surface area contributed by atoms with E-state index in [1.54, 1.807) is 0 Å². The second-order valence-electron chi connectivity index (χ2n) is 8.28. The van der Waals surface area contributed by atoms with Crippen LogP contribution in [0.3, 0.4) is 0 Å². The van der Waals surface area contributed by atoms with Crippen LogP contribution >= 0.6 is 0 Å². The van der Waals surface area contributed by atoms with Gasteiger partial charge in [0.15, 0.2) is 5.76 Å². The van der Waals surface area contributed by atoms with Crippen molar-refractivity contribution >= 4 is 11.7 Å². The summed E-state index contributed by atoms with van der Waals surface area (Å²) in [6.07, 6.45) is 0. The van der Waals surface area contributed by atoms with Gasteiger partial charge < -0.3 is 14.7 Å². The molecule has 1 aromatic heterocycles. The van der Waals surface area contributed by atoms with Gasteiger partial charge in [-0.1, -0.05) is 45.0 Å². The molecule has 6 heteroatoms. The number of aryl methyl sites for hydroxylation is 1. The van der Waals surface area contributed by atoms with Crippen molar-refractivity contribution in [3.63, 3.8) is 0 Å². The Morgan fingerprint density at radius 3 is 2.39 bits per heavy atom. The van der Waals surface area contributed by atoms with Crippen LogP contribution in [0.1, 0.15) is 62.1 Å².